The van der Waals surface area contributed by atoms with Crippen LogP contribution in [0.3, 0.4) is 0 Å². The molecule has 3 aromatic rings. The van der Waals surface area contributed by atoms with Crippen LogP contribution in [-0.4, -0.2) is 0 Å². The molecule has 0 saturated heterocycles. The maximum atomic E-state index is 5.93. The molecule has 0 amide bonds. The molecule has 108 valence electrons. The van der Waals surface area contributed by atoms with Crippen molar-refractivity contribution in [2.75, 3.05) is 0 Å². The Balaban J connectivity index is 1.70. The lowest BCUT2D eigenvalue weighted by atomic mass is 10.1. The number of rotatable bonds is 5. The van der Waals surface area contributed by atoms with E-state index in [2.05, 4.69) is 61.6 Å². The van der Waals surface area contributed by atoms with E-state index in [9.17, 15) is 0 Å². The quantitative estimate of drug-likeness (QED) is 0.738. The van der Waals surface area contributed by atoms with Gasteiger partial charge in [0, 0.05) is 24.9 Å². The lowest BCUT2D eigenvalue weighted by Crippen LogP contribution is -2.12. The zero-order chi connectivity index (χ0) is 14.7. The topological polar surface area (TPSA) is 25.2 Å². The molecule has 2 heteroatoms. The van der Waals surface area contributed by atoms with Crippen LogP contribution >= 0.6 is 0 Å². The molecule has 1 aromatic heterocycles. The van der Waals surface area contributed by atoms with Crippen molar-refractivity contribution in [3.8, 4) is 0 Å². The van der Waals surface area contributed by atoms with Crippen molar-refractivity contribution in [2.45, 2.75) is 33.4 Å². The van der Waals surface area contributed by atoms with Crippen molar-refractivity contribution in [1.29, 1.82) is 0 Å². The van der Waals surface area contributed by atoms with Gasteiger partial charge in [0.2, 0.25) is 0 Å². The molecular weight excluding hydrogens is 258 g/mol. The van der Waals surface area contributed by atoms with Crippen molar-refractivity contribution in [3.05, 3.63) is 71.0 Å². The van der Waals surface area contributed by atoms with Crippen LogP contribution in [0.15, 0.2) is 52.9 Å². The average molecular weight is 279 g/mol. The molecule has 2 aromatic carbocycles. The van der Waals surface area contributed by atoms with Crippen LogP contribution in [0.4, 0.5) is 0 Å². The second kappa shape index (κ2) is 6.15. The Kier molecular flexibility index (Phi) is 4.07. The number of benzene rings is 2. The van der Waals surface area contributed by atoms with Crippen LogP contribution in [0.5, 0.6) is 0 Å². The molecule has 0 aliphatic carbocycles. The summed E-state index contributed by atoms with van der Waals surface area (Å²) in [4.78, 5) is 0. The van der Waals surface area contributed by atoms with E-state index in [1.165, 1.54) is 22.1 Å². The van der Waals surface area contributed by atoms with Gasteiger partial charge < -0.3 is 9.73 Å². The average Bonchev–Trinajstić information content (AvgIpc) is 2.84. The van der Waals surface area contributed by atoms with Crippen molar-refractivity contribution in [3.63, 3.8) is 0 Å². The van der Waals surface area contributed by atoms with Gasteiger partial charge in [-0.25, -0.2) is 0 Å². The maximum absolute atomic E-state index is 5.93. The van der Waals surface area contributed by atoms with E-state index in [1.54, 1.807) is 0 Å². The van der Waals surface area contributed by atoms with Crippen molar-refractivity contribution in [2.24, 2.45) is 0 Å². The number of fused-ring (bicyclic) bond motifs is 1. The highest BCUT2D eigenvalue weighted by Gasteiger charge is 2.09. The first-order valence-corrected chi connectivity index (χ1v) is 7.53. The van der Waals surface area contributed by atoms with E-state index >= 15 is 0 Å². The summed E-state index contributed by atoms with van der Waals surface area (Å²) in [6, 6.07) is 17.0. The van der Waals surface area contributed by atoms with E-state index < -0.39 is 0 Å². The second-order valence-corrected chi connectivity index (χ2v) is 5.42. The molecule has 0 radical (unpaired) electrons. The van der Waals surface area contributed by atoms with E-state index in [4.69, 9.17) is 4.42 Å². The molecule has 0 atom stereocenters. The molecule has 0 bridgehead atoms. The van der Waals surface area contributed by atoms with E-state index in [1.807, 2.05) is 6.07 Å². The van der Waals surface area contributed by atoms with Crippen molar-refractivity contribution < 1.29 is 4.42 Å². The third kappa shape index (κ3) is 3.01. The van der Waals surface area contributed by atoms with Crippen LogP contribution < -0.4 is 5.32 Å². The Bertz CT molecular complexity index is 728. The zero-order valence-corrected chi connectivity index (χ0v) is 12.6. The maximum Gasteiger partial charge on any atom is 0.134 e. The molecule has 0 aliphatic rings. The summed E-state index contributed by atoms with van der Waals surface area (Å²) in [6.07, 6.45) is 0.947. The van der Waals surface area contributed by atoms with Gasteiger partial charge in [0.05, 0.1) is 0 Å². The molecule has 21 heavy (non-hydrogen) atoms. The highest BCUT2D eigenvalue weighted by Crippen LogP contribution is 2.26. The molecule has 1 N–H and O–H groups in total. The summed E-state index contributed by atoms with van der Waals surface area (Å²) < 4.78 is 5.93. The summed E-state index contributed by atoms with van der Waals surface area (Å²) in [7, 11) is 0. The lowest BCUT2D eigenvalue weighted by molar-refractivity contribution is 0.552. The summed E-state index contributed by atoms with van der Waals surface area (Å²) in [5.74, 6) is 1.10. The number of hydrogen-bond donors (Lipinski definition) is 1. The van der Waals surface area contributed by atoms with Crippen molar-refractivity contribution >= 4 is 11.0 Å². The van der Waals surface area contributed by atoms with Crippen LogP contribution in [0.1, 0.15) is 29.4 Å². The predicted molar refractivity (Wildman–Crippen MR) is 87.3 cm³/mol. The Labute approximate surface area is 125 Å². The highest BCUT2D eigenvalue weighted by atomic mass is 16.3. The smallest absolute Gasteiger partial charge is 0.134 e. The monoisotopic (exact) mass is 279 g/mol. The minimum absolute atomic E-state index is 0.853. The number of nitrogens with one attached hydrogen (secondary N) is 1. The van der Waals surface area contributed by atoms with E-state index in [-0.39, 0.29) is 0 Å². The zero-order valence-electron chi connectivity index (χ0n) is 12.6. The summed E-state index contributed by atoms with van der Waals surface area (Å²) >= 11 is 0. The first kappa shape index (κ1) is 13.9. The van der Waals surface area contributed by atoms with Gasteiger partial charge >= 0.3 is 0 Å². The summed E-state index contributed by atoms with van der Waals surface area (Å²) in [6.45, 7) is 6.01. The van der Waals surface area contributed by atoms with Gasteiger partial charge in [-0.2, -0.15) is 0 Å². The van der Waals surface area contributed by atoms with E-state index in [0.717, 1.165) is 30.9 Å². The van der Waals surface area contributed by atoms with Gasteiger partial charge in [0.15, 0.2) is 0 Å². The first-order valence-electron chi connectivity index (χ1n) is 7.53. The number of aryl methyl sites for hydroxylation is 2. The van der Waals surface area contributed by atoms with Crippen molar-refractivity contribution in [1.82, 2.24) is 5.32 Å². The van der Waals surface area contributed by atoms with Gasteiger partial charge in [-0.3, -0.25) is 0 Å². The van der Waals surface area contributed by atoms with Crippen LogP contribution in [-0.2, 0) is 19.5 Å². The lowest BCUT2D eigenvalue weighted by Gasteiger charge is -2.05. The molecule has 0 saturated carbocycles. The molecule has 1 heterocycles. The van der Waals surface area contributed by atoms with Crippen LogP contribution in [0.2, 0.25) is 0 Å². The summed E-state index contributed by atoms with van der Waals surface area (Å²) in [5, 5.41) is 4.71. The molecule has 0 unspecified atom stereocenters. The third-order valence-corrected chi connectivity index (χ3v) is 3.92. The van der Waals surface area contributed by atoms with Gasteiger partial charge in [-0.05, 0) is 29.7 Å². The largest absolute Gasteiger partial charge is 0.461 e. The Morgan fingerprint density at radius 2 is 1.71 bits per heavy atom. The minimum atomic E-state index is 0.853. The molecule has 0 fully saturated rings. The van der Waals surface area contributed by atoms with Gasteiger partial charge in [0.1, 0.15) is 11.3 Å². The molecule has 0 spiro atoms. The van der Waals surface area contributed by atoms with E-state index in [0.29, 0.717) is 0 Å². The van der Waals surface area contributed by atoms with Crippen LogP contribution in [0, 0.1) is 6.92 Å². The Morgan fingerprint density at radius 1 is 0.952 bits per heavy atom. The number of hydrogen-bond acceptors (Lipinski definition) is 2. The molecule has 2 nitrogen and oxygen atoms in total. The fourth-order valence-electron chi connectivity index (χ4n) is 2.71. The third-order valence-electron chi connectivity index (χ3n) is 3.92. The fraction of sp³-hybridized carbons (Fsp3) is 0.263. The normalized spacial score (nSPS) is 11.1. The van der Waals surface area contributed by atoms with Crippen LogP contribution in [0.25, 0.3) is 11.0 Å². The molecular formula is C19H21NO. The summed E-state index contributed by atoms with van der Waals surface area (Å²) in [5.41, 5.74) is 4.84. The minimum Gasteiger partial charge on any atom is -0.461 e. The molecule has 3 rings (SSSR count). The SMILES string of the molecule is CCc1oc2cc(CNCc3ccccc3)ccc2c1C. The predicted octanol–water partition coefficient (Wildman–Crippen LogP) is 4.59. The second-order valence-electron chi connectivity index (χ2n) is 5.42. The highest BCUT2D eigenvalue weighted by molar-refractivity contribution is 5.82. The Hall–Kier alpha value is -2.06. The first-order chi connectivity index (χ1) is 10.3. The van der Waals surface area contributed by atoms with Gasteiger partial charge in [-0.1, -0.05) is 49.4 Å². The fourth-order valence-corrected chi connectivity index (χ4v) is 2.71. The van der Waals surface area contributed by atoms with Gasteiger partial charge in [-0.15, -0.1) is 0 Å². The molecule has 0 aliphatic heterocycles. The van der Waals surface area contributed by atoms with Gasteiger partial charge in [0.25, 0.3) is 0 Å². The number of furan rings is 1. The Morgan fingerprint density at radius 3 is 2.48 bits per heavy atom. The standard InChI is InChI=1S/C19H21NO/c1-3-18-14(2)17-10-9-16(11-19(17)21-18)13-20-12-15-7-5-4-6-8-15/h4-11,20H,3,12-13H2,1-2H3.